The van der Waals surface area contributed by atoms with E-state index in [0.29, 0.717) is 32.6 Å². The van der Waals surface area contributed by atoms with Gasteiger partial charge in [0.1, 0.15) is 6.61 Å². The fourth-order valence-electron chi connectivity index (χ4n) is 1.37. The molecule has 0 atom stereocenters. The van der Waals surface area contributed by atoms with E-state index in [9.17, 15) is 9.59 Å². The summed E-state index contributed by atoms with van der Waals surface area (Å²) in [6, 6.07) is 0. The van der Waals surface area contributed by atoms with Gasteiger partial charge in [0.25, 0.3) is 0 Å². The van der Waals surface area contributed by atoms with Crippen LogP contribution in [0.2, 0.25) is 0 Å². The van der Waals surface area contributed by atoms with E-state index >= 15 is 0 Å². The minimum atomic E-state index is -0.486. The van der Waals surface area contributed by atoms with Crippen molar-refractivity contribution >= 4 is 28.3 Å². The maximum Gasteiger partial charge on any atom is 0.306 e. The molecule has 7 nitrogen and oxygen atoms in total. The van der Waals surface area contributed by atoms with Gasteiger partial charge in [-0.2, -0.15) is 0 Å². The molecule has 8 heteroatoms. The Balaban J connectivity index is 2.19. The third-order valence-corrected chi connectivity index (χ3v) is 3.06. The second-order valence-electron chi connectivity index (χ2n) is 3.89. The van der Waals surface area contributed by atoms with Crippen molar-refractivity contribution in [3.63, 3.8) is 0 Å². The van der Waals surface area contributed by atoms with Gasteiger partial charge in [0, 0.05) is 18.3 Å². The van der Waals surface area contributed by atoms with E-state index in [0.717, 1.165) is 10.8 Å². The van der Waals surface area contributed by atoms with Gasteiger partial charge in [0.2, 0.25) is 5.91 Å². The summed E-state index contributed by atoms with van der Waals surface area (Å²) < 4.78 is 9.86. The molecule has 1 aromatic heterocycles. The quantitative estimate of drug-likeness (QED) is 0.483. The average molecular weight is 301 g/mol. The third kappa shape index (κ3) is 7.05. The Morgan fingerprint density at radius 1 is 1.50 bits per heavy atom. The van der Waals surface area contributed by atoms with Gasteiger partial charge >= 0.3 is 5.97 Å². The molecule has 0 spiro atoms. The minimum Gasteiger partial charge on any atom is -0.466 e. The second kappa shape index (κ2) is 9.27. The molecule has 0 aliphatic carbocycles. The number of esters is 1. The second-order valence-corrected chi connectivity index (χ2v) is 4.75. The molecule has 0 aliphatic rings. The number of thiazole rings is 1. The smallest absolute Gasteiger partial charge is 0.306 e. The number of hydrogen-bond acceptors (Lipinski definition) is 7. The van der Waals surface area contributed by atoms with Crippen LogP contribution in [0.5, 0.6) is 0 Å². The van der Waals surface area contributed by atoms with E-state index < -0.39 is 5.91 Å². The van der Waals surface area contributed by atoms with Crippen molar-refractivity contribution < 1.29 is 19.1 Å². The van der Waals surface area contributed by atoms with E-state index in [1.54, 1.807) is 6.92 Å². The normalized spacial score (nSPS) is 10.2. The zero-order valence-electron chi connectivity index (χ0n) is 11.4. The predicted octanol–water partition coefficient (Wildman–Crippen LogP) is 0.553. The van der Waals surface area contributed by atoms with Crippen molar-refractivity contribution in [2.24, 2.45) is 5.73 Å². The maximum atomic E-state index is 11.2. The minimum absolute atomic E-state index is 0.0790. The molecule has 0 saturated carbocycles. The van der Waals surface area contributed by atoms with E-state index in [1.165, 1.54) is 11.3 Å². The van der Waals surface area contributed by atoms with Crippen molar-refractivity contribution in [2.75, 3.05) is 31.7 Å². The fourth-order valence-corrected chi connectivity index (χ4v) is 2.14. The van der Waals surface area contributed by atoms with Crippen LogP contribution in [0.25, 0.3) is 0 Å². The number of nitrogens with zero attached hydrogens (tertiary/aromatic N) is 1. The summed E-state index contributed by atoms with van der Waals surface area (Å²) in [6.07, 6.45) is 0.897. The molecular formula is C12H19N3O4S. The Kier molecular flexibility index (Phi) is 7.59. The topological polar surface area (TPSA) is 104 Å². The number of hydrogen-bond donors (Lipinski definition) is 2. The molecule has 1 aromatic rings. The monoisotopic (exact) mass is 301 g/mol. The number of nitrogens with two attached hydrogens (primary N) is 1. The first-order valence-corrected chi connectivity index (χ1v) is 7.19. The summed E-state index contributed by atoms with van der Waals surface area (Å²) in [4.78, 5) is 26.0. The molecule has 0 saturated heterocycles. The first kappa shape index (κ1) is 16.4. The lowest BCUT2D eigenvalue weighted by atomic mass is 10.2. The Bertz CT molecular complexity index is 436. The lowest BCUT2D eigenvalue weighted by Crippen LogP contribution is -2.20. The molecule has 3 N–H and O–H groups in total. The Morgan fingerprint density at radius 2 is 2.30 bits per heavy atom. The highest BCUT2D eigenvalue weighted by Crippen LogP contribution is 2.16. The number of anilines is 1. The van der Waals surface area contributed by atoms with Crippen LogP contribution >= 0.6 is 11.3 Å². The van der Waals surface area contributed by atoms with Crippen LogP contribution in [0, 0.1) is 0 Å². The number of rotatable bonds is 10. The standard InChI is InChI=1S/C12H19N3O4S/c1-2-19-11(17)4-3-9-8-20-12(15-9)14-5-6-18-7-10(13)16/h8H,2-7H2,1H3,(H2,13,16)(H,14,15). The van der Waals surface area contributed by atoms with Crippen LogP contribution in [0.4, 0.5) is 5.13 Å². The van der Waals surface area contributed by atoms with Crippen molar-refractivity contribution in [3.8, 4) is 0 Å². The van der Waals surface area contributed by atoms with Gasteiger partial charge in [-0.1, -0.05) is 0 Å². The van der Waals surface area contributed by atoms with E-state index in [4.69, 9.17) is 15.2 Å². The summed E-state index contributed by atoms with van der Waals surface area (Å²) in [5.74, 6) is -0.699. The molecule has 1 amide bonds. The Labute approximate surface area is 121 Å². The number of aryl methyl sites for hydroxylation is 1. The highest BCUT2D eigenvalue weighted by molar-refractivity contribution is 7.13. The van der Waals surface area contributed by atoms with E-state index in [2.05, 4.69) is 10.3 Å². The highest BCUT2D eigenvalue weighted by Gasteiger charge is 2.06. The summed E-state index contributed by atoms with van der Waals surface area (Å²) in [7, 11) is 0. The number of ether oxygens (including phenoxy) is 2. The zero-order chi connectivity index (χ0) is 14.8. The van der Waals surface area contributed by atoms with E-state index in [1.807, 2.05) is 5.38 Å². The molecule has 112 valence electrons. The molecule has 20 heavy (non-hydrogen) atoms. The van der Waals surface area contributed by atoms with Crippen LogP contribution in [-0.2, 0) is 25.5 Å². The molecule has 0 aliphatic heterocycles. The number of aromatic nitrogens is 1. The molecule has 0 fully saturated rings. The molecule has 1 heterocycles. The predicted molar refractivity (Wildman–Crippen MR) is 75.6 cm³/mol. The number of nitrogens with one attached hydrogen (secondary N) is 1. The summed E-state index contributed by atoms with van der Waals surface area (Å²) in [5, 5.41) is 5.72. The number of primary amides is 1. The average Bonchev–Trinajstić information content (AvgIpc) is 2.84. The number of carbonyl (C=O) groups is 2. The van der Waals surface area contributed by atoms with Crippen molar-refractivity contribution in [1.82, 2.24) is 4.98 Å². The van der Waals surface area contributed by atoms with Gasteiger partial charge in [-0.25, -0.2) is 4.98 Å². The van der Waals surface area contributed by atoms with Crippen molar-refractivity contribution in [1.29, 1.82) is 0 Å². The van der Waals surface area contributed by atoms with Crippen LogP contribution in [0.3, 0.4) is 0 Å². The molecule has 0 radical (unpaired) electrons. The van der Waals surface area contributed by atoms with Gasteiger partial charge < -0.3 is 20.5 Å². The van der Waals surface area contributed by atoms with Crippen LogP contribution in [0.15, 0.2) is 5.38 Å². The number of carbonyl (C=O) groups excluding carboxylic acids is 2. The summed E-state index contributed by atoms with van der Waals surface area (Å²) in [6.45, 7) is 3.01. The first-order chi connectivity index (χ1) is 9.61. The molecule has 0 unspecified atom stereocenters. The Hall–Kier alpha value is -1.67. The Morgan fingerprint density at radius 3 is 3.00 bits per heavy atom. The van der Waals surface area contributed by atoms with E-state index in [-0.39, 0.29) is 12.6 Å². The highest BCUT2D eigenvalue weighted by atomic mass is 32.1. The first-order valence-electron chi connectivity index (χ1n) is 6.31. The fraction of sp³-hybridized carbons (Fsp3) is 0.583. The lowest BCUT2D eigenvalue weighted by Gasteiger charge is -2.02. The van der Waals surface area contributed by atoms with Crippen molar-refractivity contribution in [2.45, 2.75) is 19.8 Å². The zero-order valence-corrected chi connectivity index (χ0v) is 12.2. The van der Waals surface area contributed by atoms with Crippen LogP contribution in [-0.4, -0.2) is 43.2 Å². The van der Waals surface area contributed by atoms with Crippen molar-refractivity contribution in [3.05, 3.63) is 11.1 Å². The van der Waals surface area contributed by atoms with Gasteiger partial charge in [-0.05, 0) is 6.92 Å². The van der Waals surface area contributed by atoms with Crippen LogP contribution in [0.1, 0.15) is 19.0 Å². The third-order valence-electron chi connectivity index (χ3n) is 2.21. The summed E-state index contributed by atoms with van der Waals surface area (Å²) in [5.41, 5.74) is 5.79. The largest absolute Gasteiger partial charge is 0.466 e. The summed E-state index contributed by atoms with van der Waals surface area (Å²) >= 11 is 1.46. The SMILES string of the molecule is CCOC(=O)CCc1csc(NCCOCC(N)=O)n1. The van der Waals surface area contributed by atoms with Gasteiger partial charge in [0.05, 0.1) is 25.3 Å². The molecular weight excluding hydrogens is 282 g/mol. The number of amides is 1. The lowest BCUT2D eigenvalue weighted by molar-refractivity contribution is -0.143. The molecule has 1 rings (SSSR count). The van der Waals surface area contributed by atoms with Crippen LogP contribution < -0.4 is 11.1 Å². The maximum absolute atomic E-state index is 11.2. The molecule has 0 aromatic carbocycles. The van der Waals surface area contributed by atoms with Gasteiger partial charge in [-0.3, -0.25) is 9.59 Å². The van der Waals surface area contributed by atoms with Gasteiger partial charge in [-0.15, -0.1) is 11.3 Å². The van der Waals surface area contributed by atoms with Gasteiger partial charge in [0.15, 0.2) is 5.13 Å². The molecule has 0 bridgehead atoms.